The van der Waals surface area contributed by atoms with E-state index in [0.29, 0.717) is 32.1 Å². The lowest BCUT2D eigenvalue weighted by atomic mass is 10.1. The maximum atomic E-state index is 13.2. The minimum Gasteiger partial charge on any atom is -0.367 e. The van der Waals surface area contributed by atoms with Crippen LogP contribution in [0.1, 0.15) is 18.6 Å². The van der Waals surface area contributed by atoms with Crippen LogP contribution in [0.15, 0.2) is 41.7 Å². The number of nitro groups is 1. The predicted octanol–water partition coefficient (Wildman–Crippen LogP) is 2.59. The average molecular weight is 518 g/mol. The highest BCUT2D eigenvalue weighted by Crippen LogP contribution is 2.25. The fourth-order valence-electron chi connectivity index (χ4n) is 3.17. The Kier molecular flexibility index (Phi) is 8.32. The van der Waals surface area contributed by atoms with Crippen molar-refractivity contribution in [1.29, 1.82) is 0 Å². The molecular weight excluding hydrogens is 494 g/mol. The first-order valence-electron chi connectivity index (χ1n) is 8.99. The van der Waals surface area contributed by atoms with Crippen LogP contribution in [0, 0.1) is 15.9 Å². The van der Waals surface area contributed by atoms with E-state index in [-0.39, 0.29) is 47.7 Å². The molecule has 0 radical (unpaired) electrons. The Morgan fingerprint density at radius 3 is 2.76 bits per heavy atom. The third-order valence-corrected chi connectivity index (χ3v) is 4.47. The van der Waals surface area contributed by atoms with Crippen LogP contribution in [-0.4, -0.2) is 58.3 Å². The molecule has 0 bridgehead atoms. The van der Waals surface area contributed by atoms with Gasteiger partial charge >= 0.3 is 5.69 Å². The first-order valence-corrected chi connectivity index (χ1v) is 8.99. The molecule has 1 aliphatic rings. The van der Waals surface area contributed by atoms with Gasteiger partial charge in [-0.3, -0.25) is 19.8 Å². The van der Waals surface area contributed by atoms with E-state index in [1.54, 1.807) is 19.2 Å². The molecule has 1 saturated heterocycles. The number of guanidine groups is 1. The van der Waals surface area contributed by atoms with E-state index in [2.05, 4.69) is 20.3 Å². The van der Waals surface area contributed by atoms with Gasteiger partial charge in [-0.1, -0.05) is 12.1 Å². The smallest absolute Gasteiger partial charge is 0.306 e. The maximum Gasteiger partial charge on any atom is 0.306 e. The van der Waals surface area contributed by atoms with Crippen molar-refractivity contribution in [2.24, 2.45) is 4.99 Å². The number of morpholine rings is 1. The minimum atomic E-state index is -0.472. The van der Waals surface area contributed by atoms with Gasteiger partial charge in [0.15, 0.2) is 5.96 Å². The van der Waals surface area contributed by atoms with E-state index in [9.17, 15) is 14.5 Å². The molecule has 0 spiro atoms. The number of aromatic nitrogens is 2. The molecule has 2 atom stereocenters. The molecule has 2 heterocycles. The van der Waals surface area contributed by atoms with E-state index < -0.39 is 4.92 Å². The van der Waals surface area contributed by atoms with Gasteiger partial charge in [0.1, 0.15) is 24.3 Å². The monoisotopic (exact) mass is 518 g/mol. The molecule has 1 aromatic heterocycles. The zero-order chi connectivity index (χ0) is 20.1. The highest BCUT2D eigenvalue weighted by Gasteiger charge is 2.28. The normalized spacial score (nSPS) is 19.6. The summed E-state index contributed by atoms with van der Waals surface area (Å²) in [6, 6.07) is 6.32. The zero-order valence-corrected chi connectivity index (χ0v) is 18.5. The number of ether oxygens (including phenoxy) is 1. The van der Waals surface area contributed by atoms with Gasteiger partial charge in [0.25, 0.3) is 0 Å². The van der Waals surface area contributed by atoms with E-state index in [1.807, 2.05) is 6.92 Å². The molecule has 158 valence electrons. The van der Waals surface area contributed by atoms with Gasteiger partial charge in [-0.25, -0.2) is 4.39 Å². The van der Waals surface area contributed by atoms with Crippen molar-refractivity contribution in [1.82, 2.24) is 20.0 Å². The van der Waals surface area contributed by atoms with Gasteiger partial charge in [-0.2, -0.15) is 5.10 Å². The fourth-order valence-corrected chi connectivity index (χ4v) is 3.17. The van der Waals surface area contributed by atoms with Crippen LogP contribution in [0.2, 0.25) is 0 Å². The van der Waals surface area contributed by atoms with Crippen LogP contribution in [0.5, 0.6) is 0 Å². The van der Waals surface area contributed by atoms with E-state index in [1.165, 1.54) is 29.2 Å². The Morgan fingerprint density at radius 1 is 1.41 bits per heavy atom. The zero-order valence-electron chi connectivity index (χ0n) is 16.2. The van der Waals surface area contributed by atoms with Crippen LogP contribution >= 0.6 is 24.0 Å². The summed E-state index contributed by atoms with van der Waals surface area (Å²) in [5, 5.41) is 18.0. The lowest BCUT2D eigenvalue weighted by Gasteiger charge is -2.38. The standard InChI is InChI=1S/C18H23FN6O3.HI/c1-13-10-23(12-17(28-13)14-3-5-15(19)6-4-14)18(20-2)21-7-8-24-11-16(9-22-24)25(26)27;/h3-6,9,11,13,17H,7-8,10,12H2,1-2H3,(H,20,21);1H. The van der Waals surface area contributed by atoms with Crippen molar-refractivity contribution in [3.8, 4) is 0 Å². The van der Waals surface area contributed by atoms with Crippen LogP contribution < -0.4 is 5.32 Å². The van der Waals surface area contributed by atoms with E-state index in [4.69, 9.17) is 4.74 Å². The summed E-state index contributed by atoms with van der Waals surface area (Å²) < 4.78 is 20.7. The summed E-state index contributed by atoms with van der Waals surface area (Å²) in [6.45, 7) is 4.22. The summed E-state index contributed by atoms with van der Waals surface area (Å²) in [4.78, 5) is 16.7. The third-order valence-electron chi connectivity index (χ3n) is 4.47. The quantitative estimate of drug-likeness (QED) is 0.215. The highest BCUT2D eigenvalue weighted by atomic mass is 127. The van der Waals surface area contributed by atoms with Gasteiger partial charge in [0.2, 0.25) is 0 Å². The molecule has 11 heteroatoms. The molecule has 0 saturated carbocycles. The Balaban J connectivity index is 0.00000300. The Bertz CT molecular complexity index is 844. The summed E-state index contributed by atoms with van der Waals surface area (Å²) in [6.07, 6.45) is 2.42. The molecule has 0 aliphatic carbocycles. The molecule has 29 heavy (non-hydrogen) atoms. The van der Waals surface area contributed by atoms with E-state index in [0.717, 1.165) is 5.56 Å². The molecular formula is C18H24FIN6O3. The van der Waals surface area contributed by atoms with E-state index >= 15 is 0 Å². The second kappa shape index (κ2) is 10.5. The molecule has 1 aromatic carbocycles. The second-order valence-corrected chi connectivity index (χ2v) is 6.58. The van der Waals surface area contributed by atoms with Gasteiger partial charge < -0.3 is 15.0 Å². The lowest BCUT2D eigenvalue weighted by Crippen LogP contribution is -2.51. The van der Waals surface area contributed by atoms with Crippen molar-refractivity contribution < 1.29 is 14.1 Å². The maximum absolute atomic E-state index is 13.2. The molecule has 2 aromatic rings. The number of aliphatic imine (C=N–C) groups is 1. The summed E-state index contributed by atoms with van der Waals surface area (Å²) in [5.74, 6) is 0.435. The van der Waals surface area contributed by atoms with Crippen LogP contribution in [0.4, 0.5) is 10.1 Å². The van der Waals surface area contributed by atoms with Crippen molar-refractivity contribution in [2.75, 3.05) is 26.7 Å². The van der Waals surface area contributed by atoms with Gasteiger partial charge in [-0.05, 0) is 24.6 Å². The third kappa shape index (κ3) is 6.10. The predicted molar refractivity (Wildman–Crippen MR) is 117 cm³/mol. The number of nitrogens with one attached hydrogen (secondary N) is 1. The highest BCUT2D eigenvalue weighted by molar-refractivity contribution is 14.0. The number of halogens is 2. The molecule has 2 unspecified atom stereocenters. The lowest BCUT2D eigenvalue weighted by molar-refractivity contribution is -0.385. The summed E-state index contributed by atoms with van der Waals surface area (Å²) >= 11 is 0. The van der Waals surface area contributed by atoms with Gasteiger partial charge in [-0.15, -0.1) is 24.0 Å². The van der Waals surface area contributed by atoms with Gasteiger partial charge in [0.05, 0.1) is 24.1 Å². The summed E-state index contributed by atoms with van der Waals surface area (Å²) in [5.41, 5.74) is 0.880. The fraction of sp³-hybridized carbons (Fsp3) is 0.444. The molecule has 0 amide bonds. The molecule has 1 N–H and O–H groups in total. The topological polar surface area (TPSA) is 97.8 Å². The molecule has 3 rings (SSSR count). The van der Waals surface area contributed by atoms with Crippen LogP contribution in [0.3, 0.4) is 0 Å². The average Bonchev–Trinajstić information content (AvgIpc) is 3.14. The Morgan fingerprint density at radius 2 is 2.14 bits per heavy atom. The SMILES string of the molecule is CN=C(NCCn1cc([N+](=O)[O-])cn1)N1CC(C)OC(c2ccc(F)cc2)C1.I. The van der Waals surface area contributed by atoms with Gasteiger partial charge in [0, 0.05) is 20.1 Å². The van der Waals surface area contributed by atoms with Crippen molar-refractivity contribution in [2.45, 2.75) is 25.7 Å². The Labute approximate surface area is 185 Å². The number of hydrogen-bond acceptors (Lipinski definition) is 5. The second-order valence-electron chi connectivity index (χ2n) is 6.58. The van der Waals surface area contributed by atoms with Crippen LogP contribution in [-0.2, 0) is 11.3 Å². The molecule has 1 fully saturated rings. The number of nitrogens with zero attached hydrogens (tertiary/aromatic N) is 5. The largest absolute Gasteiger partial charge is 0.367 e. The minimum absolute atomic E-state index is 0. The number of benzene rings is 1. The molecule has 1 aliphatic heterocycles. The first-order chi connectivity index (χ1) is 13.5. The van der Waals surface area contributed by atoms with Crippen molar-refractivity contribution >= 4 is 35.6 Å². The molecule has 9 nitrogen and oxygen atoms in total. The van der Waals surface area contributed by atoms with Crippen molar-refractivity contribution in [3.05, 3.63) is 58.2 Å². The van der Waals surface area contributed by atoms with Crippen molar-refractivity contribution in [3.63, 3.8) is 0 Å². The summed E-state index contributed by atoms with van der Waals surface area (Å²) in [7, 11) is 1.70. The van der Waals surface area contributed by atoms with Crippen LogP contribution in [0.25, 0.3) is 0 Å². The number of rotatable bonds is 5. The number of hydrogen-bond donors (Lipinski definition) is 1. The first kappa shape index (κ1) is 23.0. The Hall–Kier alpha value is -2.28.